The monoisotopic (exact) mass is 269 g/mol. The molecule has 3 N–H and O–H groups in total. The summed E-state index contributed by atoms with van der Waals surface area (Å²) in [4.78, 5) is 0. The summed E-state index contributed by atoms with van der Waals surface area (Å²) in [5.41, 5.74) is 7.20. The molecule has 1 aromatic rings. The maximum atomic E-state index is 8.83. The van der Waals surface area contributed by atoms with Gasteiger partial charge >= 0.3 is 0 Å². The molecule has 0 fully saturated rings. The third-order valence-corrected chi connectivity index (χ3v) is 2.65. The molecule has 98 valence electrons. The highest BCUT2D eigenvalue weighted by atomic mass is 35.5. The molecular weight excluding hydrogens is 254 g/mol. The van der Waals surface area contributed by atoms with Crippen LogP contribution in [0.3, 0.4) is 0 Å². The number of hydrogen-bond acceptors (Lipinski definition) is 5. The Balaban J connectivity index is 2.47. The van der Waals surface area contributed by atoms with E-state index in [1.54, 1.807) is 19.2 Å². The first kappa shape index (κ1) is 14.6. The summed E-state index contributed by atoms with van der Waals surface area (Å²) < 4.78 is 10.1. The molecule has 0 heterocycles. The highest BCUT2D eigenvalue weighted by Gasteiger charge is 2.06. The lowest BCUT2D eigenvalue weighted by Crippen LogP contribution is -2.12. The molecule has 6 heteroatoms. The van der Waals surface area contributed by atoms with Gasteiger partial charge in [-0.2, -0.15) is 5.26 Å². The number of benzene rings is 1. The third kappa shape index (κ3) is 4.41. The topological polar surface area (TPSA) is 80.3 Å². The Kier molecular flexibility index (Phi) is 6.29. The summed E-state index contributed by atoms with van der Waals surface area (Å²) >= 11 is 6.03. The highest BCUT2D eigenvalue weighted by molar-refractivity contribution is 6.35. The number of nitrogens with zero attached hydrogens (tertiary/aromatic N) is 1. The minimum Gasteiger partial charge on any atom is -0.397 e. The largest absolute Gasteiger partial charge is 0.397 e. The first-order valence-electron chi connectivity index (χ1n) is 5.48. The molecule has 0 saturated heterocycles. The molecule has 0 radical (unpaired) electrons. The van der Waals surface area contributed by atoms with Gasteiger partial charge in [-0.1, -0.05) is 11.6 Å². The van der Waals surface area contributed by atoms with E-state index in [0.29, 0.717) is 48.3 Å². The Bertz CT molecular complexity index is 432. The molecule has 0 saturated carbocycles. The molecule has 0 aliphatic carbocycles. The Labute approximate surface area is 111 Å². The SMILES string of the molecule is COCCOCCNc1cc(C#N)cc(N)c1Cl. The molecule has 1 aromatic carbocycles. The van der Waals surface area contributed by atoms with Crippen LogP contribution in [0, 0.1) is 11.3 Å². The lowest BCUT2D eigenvalue weighted by atomic mass is 10.2. The van der Waals surface area contributed by atoms with Crippen LogP contribution in [-0.2, 0) is 9.47 Å². The minimum atomic E-state index is 0.388. The summed E-state index contributed by atoms with van der Waals surface area (Å²) in [5, 5.41) is 12.3. The normalized spacial score (nSPS) is 10.1. The van der Waals surface area contributed by atoms with Crippen LogP contribution in [0.2, 0.25) is 5.02 Å². The minimum absolute atomic E-state index is 0.388. The lowest BCUT2D eigenvalue weighted by molar-refractivity contribution is 0.0759. The van der Waals surface area contributed by atoms with Crippen molar-refractivity contribution in [1.29, 1.82) is 5.26 Å². The predicted octanol–water partition coefficient (Wildman–Crippen LogP) is 1.87. The fourth-order valence-corrected chi connectivity index (χ4v) is 1.52. The average molecular weight is 270 g/mol. The van der Waals surface area contributed by atoms with Crippen molar-refractivity contribution in [3.05, 3.63) is 22.7 Å². The standard InChI is InChI=1S/C12H16ClN3O2/c1-17-4-5-18-3-2-16-11-7-9(8-14)6-10(15)12(11)13/h6-7,16H,2-5,15H2,1H3. The predicted molar refractivity (Wildman–Crippen MR) is 71.8 cm³/mol. The van der Waals surface area contributed by atoms with Gasteiger partial charge in [0.2, 0.25) is 0 Å². The molecule has 0 aliphatic heterocycles. The lowest BCUT2D eigenvalue weighted by Gasteiger charge is -2.10. The zero-order valence-corrected chi connectivity index (χ0v) is 11.0. The van der Waals surface area contributed by atoms with Crippen molar-refractivity contribution in [2.75, 3.05) is 44.5 Å². The smallest absolute Gasteiger partial charge is 0.0993 e. The summed E-state index contributed by atoms with van der Waals surface area (Å²) in [6.07, 6.45) is 0. The number of anilines is 2. The molecule has 0 spiro atoms. The van der Waals surface area contributed by atoms with Gasteiger partial charge in [-0.15, -0.1) is 0 Å². The molecule has 5 nitrogen and oxygen atoms in total. The zero-order valence-electron chi connectivity index (χ0n) is 10.2. The number of nitriles is 1. The van der Waals surface area contributed by atoms with E-state index in [2.05, 4.69) is 5.32 Å². The molecule has 0 unspecified atom stereocenters. The van der Waals surface area contributed by atoms with Gasteiger partial charge < -0.3 is 20.5 Å². The first-order chi connectivity index (χ1) is 8.69. The van der Waals surface area contributed by atoms with Crippen molar-refractivity contribution in [3.8, 4) is 6.07 Å². The molecule has 0 aliphatic rings. The summed E-state index contributed by atoms with van der Waals surface area (Å²) in [5.74, 6) is 0. The van der Waals surface area contributed by atoms with E-state index >= 15 is 0 Å². The van der Waals surface area contributed by atoms with Gasteiger partial charge in [0.25, 0.3) is 0 Å². The van der Waals surface area contributed by atoms with Gasteiger partial charge in [0.1, 0.15) is 0 Å². The van der Waals surface area contributed by atoms with Crippen LogP contribution < -0.4 is 11.1 Å². The van der Waals surface area contributed by atoms with E-state index in [1.807, 2.05) is 6.07 Å². The maximum absolute atomic E-state index is 8.83. The van der Waals surface area contributed by atoms with Crippen LogP contribution in [0.1, 0.15) is 5.56 Å². The molecular formula is C12H16ClN3O2. The molecule has 0 bridgehead atoms. The molecule has 1 rings (SSSR count). The van der Waals surface area contributed by atoms with Crippen molar-refractivity contribution in [3.63, 3.8) is 0 Å². The second-order valence-electron chi connectivity index (χ2n) is 3.57. The van der Waals surface area contributed by atoms with Crippen LogP contribution in [0.25, 0.3) is 0 Å². The van der Waals surface area contributed by atoms with E-state index in [-0.39, 0.29) is 0 Å². The number of halogens is 1. The van der Waals surface area contributed by atoms with E-state index in [9.17, 15) is 0 Å². The first-order valence-corrected chi connectivity index (χ1v) is 5.86. The van der Waals surface area contributed by atoms with Crippen LogP contribution in [-0.4, -0.2) is 33.5 Å². The number of rotatable bonds is 7. The zero-order chi connectivity index (χ0) is 13.4. The van der Waals surface area contributed by atoms with Gasteiger partial charge in [0, 0.05) is 13.7 Å². The number of nitrogens with one attached hydrogen (secondary N) is 1. The van der Waals surface area contributed by atoms with E-state index in [0.717, 1.165) is 0 Å². The Morgan fingerprint density at radius 1 is 1.39 bits per heavy atom. The van der Waals surface area contributed by atoms with Crippen molar-refractivity contribution >= 4 is 23.0 Å². The molecule has 0 atom stereocenters. The third-order valence-electron chi connectivity index (χ3n) is 2.22. The second-order valence-corrected chi connectivity index (χ2v) is 3.95. The van der Waals surface area contributed by atoms with Crippen molar-refractivity contribution < 1.29 is 9.47 Å². The van der Waals surface area contributed by atoms with Gasteiger partial charge in [-0.05, 0) is 12.1 Å². The molecule has 18 heavy (non-hydrogen) atoms. The average Bonchev–Trinajstić information content (AvgIpc) is 2.38. The van der Waals surface area contributed by atoms with E-state index in [1.165, 1.54) is 0 Å². The fraction of sp³-hybridized carbons (Fsp3) is 0.417. The summed E-state index contributed by atoms with van der Waals surface area (Å²) in [6.45, 7) is 2.22. The van der Waals surface area contributed by atoms with Crippen LogP contribution in [0.4, 0.5) is 11.4 Å². The molecule has 0 aromatic heterocycles. The number of nitrogen functional groups attached to an aromatic ring is 1. The van der Waals surface area contributed by atoms with E-state index in [4.69, 9.17) is 32.1 Å². The number of ether oxygens (including phenoxy) is 2. The van der Waals surface area contributed by atoms with Crippen molar-refractivity contribution in [2.24, 2.45) is 0 Å². The van der Waals surface area contributed by atoms with Gasteiger partial charge in [0.15, 0.2) is 0 Å². The van der Waals surface area contributed by atoms with Gasteiger partial charge in [-0.25, -0.2) is 0 Å². The van der Waals surface area contributed by atoms with Gasteiger partial charge in [0.05, 0.1) is 47.9 Å². The molecule has 0 amide bonds. The Hall–Kier alpha value is -1.48. The van der Waals surface area contributed by atoms with Crippen LogP contribution >= 0.6 is 11.6 Å². The highest BCUT2D eigenvalue weighted by Crippen LogP contribution is 2.29. The second kappa shape index (κ2) is 7.77. The van der Waals surface area contributed by atoms with Crippen LogP contribution in [0.5, 0.6) is 0 Å². The number of hydrogen-bond donors (Lipinski definition) is 2. The number of methoxy groups -OCH3 is 1. The fourth-order valence-electron chi connectivity index (χ4n) is 1.34. The van der Waals surface area contributed by atoms with Crippen LogP contribution in [0.15, 0.2) is 12.1 Å². The maximum Gasteiger partial charge on any atom is 0.0993 e. The quantitative estimate of drug-likeness (QED) is 0.583. The Morgan fingerprint density at radius 3 is 2.83 bits per heavy atom. The summed E-state index contributed by atoms with van der Waals surface area (Å²) in [7, 11) is 1.62. The van der Waals surface area contributed by atoms with Crippen molar-refractivity contribution in [2.45, 2.75) is 0 Å². The van der Waals surface area contributed by atoms with Crippen molar-refractivity contribution in [1.82, 2.24) is 0 Å². The number of nitrogens with two attached hydrogens (primary N) is 1. The Morgan fingerprint density at radius 2 is 2.17 bits per heavy atom. The van der Waals surface area contributed by atoms with Gasteiger partial charge in [-0.3, -0.25) is 0 Å². The summed E-state index contributed by atoms with van der Waals surface area (Å²) in [6, 6.07) is 5.23. The van der Waals surface area contributed by atoms with E-state index < -0.39 is 0 Å².